The number of nitrogens with one attached hydrogen (secondary N) is 1. The van der Waals surface area contributed by atoms with Crippen molar-refractivity contribution in [2.45, 2.75) is 13.2 Å². The fourth-order valence-corrected chi connectivity index (χ4v) is 2.01. The van der Waals surface area contributed by atoms with E-state index in [1.54, 1.807) is 19.2 Å². The van der Waals surface area contributed by atoms with Crippen molar-refractivity contribution in [3.63, 3.8) is 0 Å². The van der Waals surface area contributed by atoms with Gasteiger partial charge in [0.15, 0.2) is 0 Å². The molecule has 104 valence electrons. The van der Waals surface area contributed by atoms with Crippen LogP contribution >= 0.6 is 0 Å². The summed E-state index contributed by atoms with van der Waals surface area (Å²) in [6, 6.07) is 15.3. The minimum atomic E-state index is -0.423. The molecular formula is C16H18N2O2. The summed E-state index contributed by atoms with van der Waals surface area (Å²) in [6.45, 7) is 1.25. The van der Waals surface area contributed by atoms with Crippen LogP contribution in [-0.2, 0) is 17.9 Å². The van der Waals surface area contributed by atoms with Crippen LogP contribution in [0.2, 0.25) is 0 Å². The average molecular weight is 270 g/mol. The molecule has 2 rings (SSSR count). The Morgan fingerprint density at radius 2 is 1.90 bits per heavy atom. The fraction of sp³-hybridized carbons (Fsp3) is 0.188. The molecule has 0 aliphatic heterocycles. The maximum atomic E-state index is 11.1. The number of nitrogens with two attached hydrogens (primary N) is 1. The second-order valence-corrected chi connectivity index (χ2v) is 4.50. The number of hydrogen-bond donors (Lipinski definition) is 2. The van der Waals surface area contributed by atoms with Gasteiger partial charge in [-0.05, 0) is 29.3 Å². The summed E-state index contributed by atoms with van der Waals surface area (Å²) in [4.78, 5) is 11.1. The summed E-state index contributed by atoms with van der Waals surface area (Å²) in [5.41, 5.74) is 8.95. The molecule has 0 atom stereocenters. The molecular weight excluding hydrogens is 252 g/mol. The molecule has 0 radical (unpaired) electrons. The van der Waals surface area contributed by atoms with Crippen molar-refractivity contribution < 1.29 is 9.53 Å². The van der Waals surface area contributed by atoms with E-state index in [1.807, 2.05) is 30.3 Å². The van der Waals surface area contributed by atoms with E-state index < -0.39 is 5.91 Å². The van der Waals surface area contributed by atoms with Gasteiger partial charge in [0.1, 0.15) is 0 Å². The lowest BCUT2D eigenvalue weighted by Gasteiger charge is -2.11. The third kappa shape index (κ3) is 3.59. The van der Waals surface area contributed by atoms with Crippen LogP contribution in [0, 0.1) is 0 Å². The second kappa shape index (κ2) is 6.73. The fourth-order valence-electron chi connectivity index (χ4n) is 2.01. The Morgan fingerprint density at radius 3 is 2.60 bits per heavy atom. The molecule has 4 nitrogen and oxygen atoms in total. The first kappa shape index (κ1) is 14.1. The topological polar surface area (TPSA) is 64.3 Å². The lowest BCUT2D eigenvalue weighted by molar-refractivity contribution is 0.100. The van der Waals surface area contributed by atoms with Gasteiger partial charge in [-0.15, -0.1) is 0 Å². The molecule has 2 aromatic rings. The molecule has 0 saturated carbocycles. The van der Waals surface area contributed by atoms with Crippen LogP contribution < -0.4 is 11.1 Å². The van der Waals surface area contributed by atoms with E-state index in [2.05, 4.69) is 11.4 Å². The van der Waals surface area contributed by atoms with Crippen LogP contribution in [0.3, 0.4) is 0 Å². The van der Waals surface area contributed by atoms with Crippen LogP contribution in [0.25, 0.3) is 0 Å². The minimum absolute atomic E-state index is 0.423. The quantitative estimate of drug-likeness (QED) is 0.847. The van der Waals surface area contributed by atoms with Gasteiger partial charge in [-0.1, -0.05) is 30.3 Å². The van der Waals surface area contributed by atoms with Crippen LogP contribution in [0.1, 0.15) is 21.5 Å². The predicted molar refractivity (Wildman–Crippen MR) is 79.4 cm³/mol. The Bertz CT molecular complexity index is 597. The Morgan fingerprint density at radius 1 is 1.15 bits per heavy atom. The molecule has 0 aromatic heterocycles. The first-order chi connectivity index (χ1) is 9.70. The van der Waals surface area contributed by atoms with Crippen LogP contribution in [0.5, 0.6) is 0 Å². The highest BCUT2D eigenvalue weighted by molar-refractivity contribution is 5.93. The molecule has 20 heavy (non-hydrogen) atoms. The molecule has 0 aliphatic rings. The van der Waals surface area contributed by atoms with Gasteiger partial charge in [0, 0.05) is 24.9 Å². The molecule has 0 fully saturated rings. The third-order valence-corrected chi connectivity index (χ3v) is 3.05. The van der Waals surface area contributed by atoms with Crippen molar-refractivity contribution in [3.05, 3.63) is 65.2 Å². The van der Waals surface area contributed by atoms with Crippen molar-refractivity contribution in [2.75, 3.05) is 12.4 Å². The molecule has 3 N–H and O–H groups in total. The van der Waals surface area contributed by atoms with Gasteiger partial charge in [-0.3, -0.25) is 4.79 Å². The zero-order chi connectivity index (χ0) is 14.4. The summed E-state index contributed by atoms with van der Waals surface area (Å²) in [5, 5.41) is 3.29. The minimum Gasteiger partial charge on any atom is -0.381 e. The molecule has 1 amide bonds. The molecule has 0 aliphatic carbocycles. The molecule has 0 unspecified atom stereocenters. The largest absolute Gasteiger partial charge is 0.381 e. The Labute approximate surface area is 118 Å². The van der Waals surface area contributed by atoms with Gasteiger partial charge in [-0.25, -0.2) is 0 Å². The maximum Gasteiger partial charge on any atom is 0.248 e. The van der Waals surface area contributed by atoms with Gasteiger partial charge in [0.05, 0.1) is 6.61 Å². The Hall–Kier alpha value is -2.33. The summed E-state index contributed by atoms with van der Waals surface area (Å²) in [6.07, 6.45) is 0. The predicted octanol–water partition coefficient (Wildman–Crippen LogP) is 2.54. The molecule has 4 heteroatoms. The normalized spacial score (nSPS) is 10.2. The molecule has 0 heterocycles. The van der Waals surface area contributed by atoms with Crippen molar-refractivity contribution in [1.82, 2.24) is 0 Å². The summed E-state index contributed by atoms with van der Waals surface area (Å²) in [5.74, 6) is -0.423. The highest BCUT2D eigenvalue weighted by Crippen LogP contribution is 2.15. The Kier molecular flexibility index (Phi) is 4.74. The number of carbonyl (C=O) groups is 1. The third-order valence-electron chi connectivity index (χ3n) is 3.05. The van der Waals surface area contributed by atoms with E-state index >= 15 is 0 Å². The number of hydrogen-bond acceptors (Lipinski definition) is 3. The number of ether oxygens (including phenoxy) is 1. The standard InChI is InChI=1S/C16H18N2O2/c1-20-11-14-6-3-2-5-13(14)10-18-15-8-4-7-12(9-15)16(17)19/h2-9,18H,10-11H2,1H3,(H2,17,19). The Balaban J connectivity index is 2.09. The van der Waals surface area contributed by atoms with Crippen LogP contribution in [0.4, 0.5) is 5.69 Å². The number of primary amides is 1. The zero-order valence-corrected chi connectivity index (χ0v) is 11.4. The van der Waals surface area contributed by atoms with E-state index in [0.29, 0.717) is 18.7 Å². The summed E-state index contributed by atoms with van der Waals surface area (Å²) >= 11 is 0. The molecule has 0 spiro atoms. The monoisotopic (exact) mass is 270 g/mol. The lowest BCUT2D eigenvalue weighted by atomic mass is 10.1. The lowest BCUT2D eigenvalue weighted by Crippen LogP contribution is -2.11. The van der Waals surface area contributed by atoms with Gasteiger partial charge < -0.3 is 15.8 Å². The smallest absolute Gasteiger partial charge is 0.248 e. The van der Waals surface area contributed by atoms with E-state index in [9.17, 15) is 4.79 Å². The van der Waals surface area contributed by atoms with E-state index in [0.717, 1.165) is 11.3 Å². The number of methoxy groups -OCH3 is 1. The van der Waals surface area contributed by atoms with E-state index in [1.165, 1.54) is 5.56 Å². The highest BCUT2D eigenvalue weighted by Gasteiger charge is 2.03. The summed E-state index contributed by atoms with van der Waals surface area (Å²) < 4.78 is 5.18. The van der Waals surface area contributed by atoms with Gasteiger partial charge in [-0.2, -0.15) is 0 Å². The van der Waals surface area contributed by atoms with Gasteiger partial charge in [0.2, 0.25) is 5.91 Å². The number of carbonyl (C=O) groups excluding carboxylic acids is 1. The molecule has 0 saturated heterocycles. The maximum absolute atomic E-state index is 11.1. The summed E-state index contributed by atoms with van der Waals surface area (Å²) in [7, 11) is 1.68. The molecule has 0 bridgehead atoms. The van der Waals surface area contributed by atoms with Gasteiger partial charge >= 0.3 is 0 Å². The van der Waals surface area contributed by atoms with Crippen molar-refractivity contribution in [2.24, 2.45) is 5.73 Å². The van der Waals surface area contributed by atoms with Crippen LogP contribution in [0.15, 0.2) is 48.5 Å². The van der Waals surface area contributed by atoms with E-state index in [-0.39, 0.29) is 0 Å². The SMILES string of the molecule is COCc1ccccc1CNc1cccc(C(N)=O)c1. The average Bonchev–Trinajstić information content (AvgIpc) is 2.47. The second-order valence-electron chi connectivity index (χ2n) is 4.50. The van der Waals surface area contributed by atoms with Gasteiger partial charge in [0.25, 0.3) is 0 Å². The van der Waals surface area contributed by atoms with Crippen LogP contribution in [-0.4, -0.2) is 13.0 Å². The molecule has 2 aromatic carbocycles. The number of amides is 1. The zero-order valence-electron chi connectivity index (χ0n) is 11.4. The number of benzene rings is 2. The highest BCUT2D eigenvalue weighted by atomic mass is 16.5. The van der Waals surface area contributed by atoms with Crippen molar-refractivity contribution in [1.29, 1.82) is 0 Å². The first-order valence-electron chi connectivity index (χ1n) is 6.40. The van der Waals surface area contributed by atoms with Crippen molar-refractivity contribution in [3.8, 4) is 0 Å². The number of anilines is 1. The van der Waals surface area contributed by atoms with Crippen molar-refractivity contribution >= 4 is 11.6 Å². The number of rotatable bonds is 6. The first-order valence-corrected chi connectivity index (χ1v) is 6.40. The van der Waals surface area contributed by atoms with E-state index in [4.69, 9.17) is 10.5 Å².